The summed E-state index contributed by atoms with van der Waals surface area (Å²) in [4.78, 5) is 20.8. The largest absolute Gasteiger partial charge is 0.488 e. The summed E-state index contributed by atoms with van der Waals surface area (Å²) in [5.41, 5.74) is 1.25. The predicted octanol–water partition coefficient (Wildman–Crippen LogP) is 2.23. The van der Waals surface area contributed by atoms with Crippen LogP contribution in [-0.4, -0.2) is 67.5 Å². The van der Waals surface area contributed by atoms with Crippen LogP contribution in [0.2, 0.25) is 0 Å². The summed E-state index contributed by atoms with van der Waals surface area (Å²) in [7, 11) is 1.78. The van der Waals surface area contributed by atoms with Gasteiger partial charge >= 0.3 is 0 Å². The summed E-state index contributed by atoms with van der Waals surface area (Å²) in [5, 5.41) is 3.42. The van der Waals surface area contributed by atoms with Crippen molar-refractivity contribution >= 4 is 35.8 Å². The molecule has 0 spiro atoms. The lowest BCUT2D eigenvalue weighted by molar-refractivity contribution is 0.0657. The first-order valence-electron chi connectivity index (χ1n) is 9.27. The standard InChI is InChI=1S/C20H24N4O3.HI/c1-21-20(22-14-16-13-15-5-2-3-6-17(15)27-16)24-10-8-23(9-11-24)19(25)18-7-4-12-26-18;/h2-7,12,16H,8-11,13-14H2,1H3,(H,21,22);1H. The highest BCUT2D eigenvalue weighted by atomic mass is 127. The number of para-hydroxylation sites is 1. The fourth-order valence-corrected chi connectivity index (χ4v) is 3.58. The van der Waals surface area contributed by atoms with Crippen LogP contribution in [0, 0.1) is 0 Å². The lowest BCUT2D eigenvalue weighted by Crippen LogP contribution is -2.54. The maximum atomic E-state index is 12.4. The molecule has 3 heterocycles. The highest BCUT2D eigenvalue weighted by molar-refractivity contribution is 14.0. The number of aliphatic imine (C=N–C) groups is 1. The second-order valence-corrected chi connectivity index (χ2v) is 6.74. The molecule has 7 nitrogen and oxygen atoms in total. The first-order valence-corrected chi connectivity index (χ1v) is 9.27. The number of carbonyl (C=O) groups excluding carboxylic acids is 1. The molecule has 2 aliphatic rings. The zero-order valence-corrected chi connectivity index (χ0v) is 18.2. The fraction of sp³-hybridized carbons (Fsp3) is 0.400. The Hall–Kier alpha value is -2.23. The fourth-order valence-electron chi connectivity index (χ4n) is 3.58. The summed E-state index contributed by atoms with van der Waals surface area (Å²) in [6, 6.07) is 11.6. The van der Waals surface area contributed by atoms with Gasteiger partial charge in [-0.25, -0.2) is 0 Å². The third kappa shape index (κ3) is 4.43. The molecular weight excluding hydrogens is 471 g/mol. The van der Waals surface area contributed by atoms with Crippen LogP contribution in [-0.2, 0) is 6.42 Å². The number of hydrogen-bond donors (Lipinski definition) is 1. The van der Waals surface area contributed by atoms with Gasteiger partial charge in [0.25, 0.3) is 5.91 Å². The van der Waals surface area contributed by atoms with Gasteiger partial charge in [-0.05, 0) is 23.8 Å². The van der Waals surface area contributed by atoms with E-state index in [1.54, 1.807) is 19.2 Å². The van der Waals surface area contributed by atoms with Crippen LogP contribution in [0.25, 0.3) is 0 Å². The summed E-state index contributed by atoms with van der Waals surface area (Å²) >= 11 is 0. The SMILES string of the molecule is CN=C(NCC1Cc2ccccc2O1)N1CCN(C(=O)c2ccco2)CC1.I. The van der Waals surface area contributed by atoms with Crippen molar-refractivity contribution in [3.8, 4) is 5.75 Å². The van der Waals surface area contributed by atoms with Crippen LogP contribution < -0.4 is 10.1 Å². The van der Waals surface area contributed by atoms with Crippen molar-refractivity contribution in [2.24, 2.45) is 4.99 Å². The number of nitrogens with zero attached hydrogens (tertiary/aromatic N) is 3. The van der Waals surface area contributed by atoms with E-state index in [1.165, 1.54) is 11.8 Å². The Kier molecular flexibility index (Phi) is 6.82. The quantitative estimate of drug-likeness (QED) is 0.401. The van der Waals surface area contributed by atoms with Gasteiger partial charge in [0.1, 0.15) is 11.9 Å². The van der Waals surface area contributed by atoms with E-state index < -0.39 is 0 Å². The van der Waals surface area contributed by atoms with Crippen molar-refractivity contribution in [2.45, 2.75) is 12.5 Å². The van der Waals surface area contributed by atoms with Crippen LogP contribution in [0.15, 0.2) is 52.1 Å². The van der Waals surface area contributed by atoms with Crippen LogP contribution in [0.5, 0.6) is 5.75 Å². The molecule has 0 radical (unpaired) electrons. The van der Waals surface area contributed by atoms with Crippen molar-refractivity contribution in [1.82, 2.24) is 15.1 Å². The number of benzene rings is 1. The van der Waals surface area contributed by atoms with Gasteiger partial charge in [-0.2, -0.15) is 0 Å². The van der Waals surface area contributed by atoms with E-state index in [-0.39, 0.29) is 36.0 Å². The number of fused-ring (bicyclic) bond motifs is 1. The molecule has 1 aromatic heterocycles. The van der Waals surface area contributed by atoms with Crippen molar-refractivity contribution < 1.29 is 13.9 Å². The second kappa shape index (κ2) is 9.31. The van der Waals surface area contributed by atoms with Crippen molar-refractivity contribution in [3.63, 3.8) is 0 Å². The Balaban J connectivity index is 0.00000225. The number of carbonyl (C=O) groups is 1. The lowest BCUT2D eigenvalue weighted by atomic mass is 10.1. The van der Waals surface area contributed by atoms with Crippen LogP contribution >= 0.6 is 24.0 Å². The molecule has 1 amide bonds. The Labute approximate surface area is 181 Å². The molecule has 150 valence electrons. The first kappa shape index (κ1) is 20.5. The van der Waals surface area contributed by atoms with Crippen molar-refractivity contribution in [1.29, 1.82) is 0 Å². The van der Waals surface area contributed by atoms with Gasteiger partial charge in [-0.3, -0.25) is 9.79 Å². The number of piperazine rings is 1. The van der Waals surface area contributed by atoms with Gasteiger partial charge in [-0.15, -0.1) is 24.0 Å². The van der Waals surface area contributed by atoms with Gasteiger partial charge in [-0.1, -0.05) is 18.2 Å². The smallest absolute Gasteiger partial charge is 0.289 e. The molecule has 1 aromatic carbocycles. The molecule has 1 atom stereocenters. The molecule has 0 saturated carbocycles. The normalized spacial score (nSPS) is 18.9. The number of rotatable bonds is 3. The van der Waals surface area contributed by atoms with Crippen molar-refractivity contribution in [3.05, 3.63) is 54.0 Å². The molecule has 1 unspecified atom stereocenters. The van der Waals surface area contributed by atoms with E-state index in [4.69, 9.17) is 9.15 Å². The zero-order chi connectivity index (χ0) is 18.6. The van der Waals surface area contributed by atoms with E-state index in [0.29, 0.717) is 25.4 Å². The molecule has 1 N–H and O–H groups in total. The van der Waals surface area contributed by atoms with Gasteiger partial charge in [0.05, 0.1) is 12.8 Å². The topological polar surface area (TPSA) is 70.3 Å². The molecule has 4 rings (SSSR count). The molecule has 0 aliphatic carbocycles. The van der Waals surface area contributed by atoms with Crippen LogP contribution in [0.3, 0.4) is 0 Å². The lowest BCUT2D eigenvalue weighted by Gasteiger charge is -2.36. The summed E-state index contributed by atoms with van der Waals surface area (Å²) in [5.74, 6) is 2.16. The Morgan fingerprint density at radius 1 is 1.14 bits per heavy atom. The highest BCUT2D eigenvalue weighted by Crippen LogP contribution is 2.27. The number of ether oxygens (including phenoxy) is 1. The number of guanidine groups is 1. The summed E-state index contributed by atoms with van der Waals surface area (Å²) < 4.78 is 11.2. The Morgan fingerprint density at radius 2 is 1.89 bits per heavy atom. The van der Waals surface area contributed by atoms with Gasteiger partial charge in [0.15, 0.2) is 11.7 Å². The molecule has 2 aliphatic heterocycles. The molecule has 2 aromatic rings. The Morgan fingerprint density at radius 3 is 2.57 bits per heavy atom. The maximum Gasteiger partial charge on any atom is 0.289 e. The number of furan rings is 1. The highest BCUT2D eigenvalue weighted by Gasteiger charge is 2.26. The van der Waals surface area contributed by atoms with E-state index in [1.807, 2.05) is 23.1 Å². The third-order valence-corrected chi connectivity index (χ3v) is 5.01. The average Bonchev–Trinajstić information content (AvgIpc) is 3.38. The number of nitrogens with one attached hydrogen (secondary N) is 1. The summed E-state index contributed by atoms with van der Waals surface area (Å²) in [6.07, 6.45) is 2.55. The number of hydrogen-bond acceptors (Lipinski definition) is 4. The predicted molar refractivity (Wildman–Crippen MR) is 118 cm³/mol. The van der Waals surface area contributed by atoms with Gasteiger partial charge < -0.3 is 24.3 Å². The van der Waals surface area contributed by atoms with Gasteiger partial charge in [0, 0.05) is 39.6 Å². The molecule has 28 heavy (non-hydrogen) atoms. The van der Waals surface area contributed by atoms with E-state index in [0.717, 1.165) is 31.2 Å². The second-order valence-electron chi connectivity index (χ2n) is 6.74. The van der Waals surface area contributed by atoms with Gasteiger partial charge in [0.2, 0.25) is 0 Å². The third-order valence-electron chi connectivity index (χ3n) is 5.01. The molecule has 1 fully saturated rings. The zero-order valence-electron chi connectivity index (χ0n) is 15.8. The molecule has 0 bridgehead atoms. The number of amides is 1. The average molecular weight is 496 g/mol. The van der Waals surface area contributed by atoms with Crippen LogP contribution in [0.4, 0.5) is 0 Å². The molecule has 1 saturated heterocycles. The number of halogens is 1. The van der Waals surface area contributed by atoms with Crippen molar-refractivity contribution in [2.75, 3.05) is 39.8 Å². The van der Waals surface area contributed by atoms with E-state index in [2.05, 4.69) is 21.3 Å². The van der Waals surface area contributed by atoms with E-state index >= 15 is 0 Å². The monoisotopic (exact) mass is 496 g/mol. The minimum Gasteiger partial charge on any atom is -0.488 e. The Bertz CT molecular complexity index is 792. The maximum absolute atomic E-state index is 12.4. The van der Waals surface area contributed by atoms with E-state index in [9.17, 15) is 4.79 Å². The molecular formula is C20H25IN4O3. The first-order chi connectivity index (χ1) is 13.2. The minimum atomic E-state index is -0.0558. The summed E-state index contributed by atoms with van der Waals surface area (Å²) in [6.45, 7) is 3.46. The molecule has 8 heteroatoms. The van der Waals surface area contributed by atoms with Crippen LogP contribution in [0.1, 0.15) is 16.1 Å². The minimum absolute atomic E-state index is 0.